The fourth-order valence-electron chi connectivity index (χ4n) is 2.38. The maximum Gasteiger partial charge on any atom is 0.349 e. The molecule has 3 rings (SSSR count). The van der Waals surface area contributed by atoms with Gasteiger partial charge in [0.2, 0.25) is 0 Å². The van der Waals surface area contributed by atoms with Crippen molar-refractivity contribution in [3.8, 4) is 5.75 Å². The second-order valence-corrected chi connectivity index (χ2v) is 5.63. The molecule has 0 radical (unpaired) electrons. The van der Waals surface area contributed by atoms with Crippen LogP contribution in [-0.4, -0.2) is 11.9 Å². The van der Waals surface area contributed by atoms with Gasteiger partial charge in [-0.15, -0.1) is 0 Å². The van der Waals surface area contributed by atoms with E-state index in [-0.39, 0.29) is 29.4 Å². The van der Waals surface area contributed by atoms with Crippen molar-refractivity contribution in [1.29, 1.82) is 0 Å². The van der Waals surface area contributed by atoms with E-state index in [2.05, 4.69) is 5.32 Å². The number of benzene rings is 1. The van der Waals surface area contributed by atoms with Gasteiger partial charge in [0.15, 0.2) is 0 Å². The second-order valence-electron chi connectivity index (χ2n) is 5.63. The molecule has 0 unspecified atom stereocenters. The number of nitrogens with one attached hydrogen (secondary N) is 1. The number of fused-ring (bicyclic) bond motifs is 1. The van der Waals surface area contributed by atoms with Crippen LogP contribution in [0.1, 0.15) is 35.9 Å². The summed E-state index contributed by atoms with van der Waals surface area (Å²) in [4.78, 5) is 35.9. The smallest absolute Gasteiger partial charge is 0.349 e. The molecule has 1 amide bonds. The van der Waals surface area contributed by atoms with Gasteiger partial charge in [0.1, 0.15) is 22.7 Å². The largest absolute Gasteiger partial charge is 0.467 e. The molecule has 0 saturated heterocycles. The zero-order valence-electron chi connectivity index (χ0n) is 14.1. The molecule has 0 aliphatic heterocycles. The van der Waals surface area contributed by atoms with Crippen LogP contribution in [0.3, 0.4) is 0 Å². The topological polar surface area (TPSA) is 98.8 Å². The summed E-state index contributed by atoms with van der Waals surface area (Å²) in [6.45, 7) is 2.04. The summed E-state index contributed by atoms with van der Waals surface area (Å²) in [6, 6.07) is 9.52. The van der Waals surface area contributed by atoms with Gasteiger partial charge in [0, 0.05) is 17.9 Å². The van der Waals surface area contributed by atoms with E-state index in [4.69, 9.17) is 13.6 Å². The molecule has 0 aliphatic carbocycles. The van der Waals surface area contributed by atoms with Gasteiger partial charge in [-0.3, -0.25) is 9.59 Å². The molecular formula is C19H17NO6. The Morgan fingerprint density at radius 1 is 1.19 bits per heavy atom. The van der Waals surface area contributed by atoms with Crippen LogP contribution >= 0.6 is 0 Å². The van der Waals surface area contributed by atoms with E-state index in [1.54, 1.807) is 24.3 Å². The van der Waals surface area contributed by atoms with Gasteiger partial charge in [-0.05, 0) is 36.8 Å². The first-order chi connectivity index (χ1) is 12.6. The third-order valence-corrected chi connectivity index (χ3v) is 3.64. The minimum atomic E-state index is -0.772. The lowest BCUT2D eigenvalue weighted by Gasteiger charge is -2.06. The molecule has 7 heteroatoms. The molecule has 2 heterocycles. The van der Waals surface area contributed by atoms with Crippen LogP contribution in [-0.2, 0) is 11.3 Å². The number of esters is 1. The fraction of sp³-hybridized carbons (Fsp3) is 0.211. The molecule has 0 aliphatic rings. The highest BCUT2D eigenvalue weighted by Crippen LogP contribution is 2.21. The summed E-state index contributed by atoms with van der Waals surface area (Å²) in [5.41, 5.74) is -0.648. The third-order valence-electron chi connectivity index (χ3n) is 3.64. The zero-order valence-corrected chi connectivity index (χ0v) is 14.1. The highest BCUT2D eigenvalue weighted by atomic mass is 16.5. The Bertz CT molecular complexity index is 987. The summed E-state index contributed by atoms with van der Waals surface area (Å²) < 4.78 is 15.5. The van der Waals surface area contributed by atoms with Crippen molar-refractivity contribution in [1.82, 2.24) is 5.32 Å². The molecule has 0 saturated carbocycles. The molecule has 134 valence electrons. The first kappa shape index (κ1) is 17.5. The van der Waals surface area contributed by atoms with Gasteiger partial charge in [-0.1, -0.05) is 6.92 Å². The lowest BCUT2D eigenvalue weighted by Crippen LogP contribution is -2.27. The molecule has 0 spiro atoms. The molecule has 26 heavy (non-hydrogen) atoms. The Kier molecular flexibility index (Phi) is 5.17. The van der Waals surface area contributed by atoms with Crippen LogP contribution in [0.4, 0.5) is 0 Å². The second kappa shape index (κ2) is 7.69. The summed E-state index contributed by atoms with van der Waals surface area (Å²) in [7, 11) is 0. The summed E-state index contributed by atoms with van der Waals surface area (Å²) in [5.74, 6) is -0.0604. The van der Waals surface area contributed by atoms with Crippen LogP contribution in [0.15, 0.2) is 56.3 Å². The highest BCUT2D eigenvalue weighted by Gasteiger charge is 2.15. The van der Waals surface area contributed by atoms with Gasteiger partial charge in [0.25, 0.3) is 5.91 Å². The fourth-order valence-corrected chi connectivity index (χ4v) is 2.38. The molecular weight excluding hydrogens is 338 g/mol. The Morgan fingerprint density at radius 2 is 2.04 bits per heavy atom. The number of hydrogen-bond acceptors (Lipinski definition) is 6. The van der Waals surface area contributed by atoms with Crippen molar-refractivity contribution in [3.63, 3.8) is 0 Å². The average Bonchev–Trinajstić information content (AvgIpc) is 3.12. The first-order valence-corrected chi connectivity index (χ1v) is 8.16. The number of ether oxygens (including phenoxy) is 1. The van der Waals surface area contributed by atoms with E-state index in [1.807, 2.05) is 6.92 Å². The minimum Gasteiger partial charge on any atom is -0.467 e. The van der Waals surface area contributed by atoms with Crippen LogP contribution in [0.5, 0.6) is 5.75 Å². The maximum absolute atomic E-state index is 12.2. The van der Waals surface area contributed by atoms with Crippen molar-refractivity contribution in [2.24, 2.45) is 0 Å². The summed E-state index contributed by atoms with van der Waals surface area (Å²) in [5, 5.41) is 3.14. The number of carbonyl (C=O) groups is 2. The van der Waals surface area contributed by atoms with E-state index in [1.165, 1.54) is 18.4 Å². The summed E-state index contributed by atoms with van der Waals surface area (Å²) in [6.07, 6.45) is 2.48. The third kappa shape index (κ3) is 4.00. The quantitative estimate of drug-likeness (QED) is 0.414. The molecule has 1 aromatic carbocycles. The molecule has 2 aromatic heterocycles. The average molecular weight is 355 g/mol. The van der Waals surface area contributed by atoms with Gasteiger partial charge in [-0.25, -0.2) is 4.79 Å². The Balaban J connectivity index is 1.80. The van der Waals surface area contributed by atoms with Crippen LogP contribution in [0.25, 0.3) is 11.0 Å². The maximum atomic E-state index is 12.2. The molecule has 0 atom stereocenters. The number of furan rings is 1. The van der Waals surface area contributed by atoms with E-state index < -0.39 is 11.5 Å². The number of carbonyl (C=O) groups excluding carboxylic acids is 2. The lowest BCUT2D eigenvalue weighted by molar-refractivity contribution is -0.134. The van der Waals surface area contributed by atoms with Crippen LogP contribution in [0, 0.1) is 0 Å². The van der Waals surface area contributed by atoms with Crippen molar-refractivity contribution < 1.29 is 23.2 Å². The number of amides is 1. The Morgan fingerprint density at radius 3 is 2.77 bits per heavy atom. The molecule has 3 aromatic rings. The molecule has 7 nitrogen and oxygen atoms in total. The van der Waals surface area contributed by atoms with Crippen LogP contribution < -0.4 is 15.7 Å². The SMILES string of the molecule is CCCC(=O)Oc1ccc2cc(C(=O)NCc3ccco3)c(=O)oc2c1. The Labute approximate surface area is 148 Å². The zero-order chi connectivity index (χ0) is 18.5. The van der Waals surface area contributed by atoms with Crippen molar-refractivity contribution in [2.45, 2.75) is 26.3 Å². The monoisotopic (exact) mass is 355 g/mol. The van der Waals surface area contributed by atoms with Gasteiger partial charge >= 0.3 is 11.6 Å². The molecule has 0 bridgehead atoms. The minimum absolute atomic E-state index is 0.111. The predicted octanol–water partition coefficient (Wildman–Crippen LogP) is 3.02. The number of rotatable bonds is 6. The lowest BCUT2D eigenvalue weighted by atomic mass is 10.1. The Hall–Kier alpha value is -3.35. The van der Waals surface area contributed by atoms with Crippen molar-refractivity contribution in [2.75, 3.05) is 0 Å². The van der Waals surface area contributed by atoms with Crippen LogP contribution in [0.2, 0.25) is 0 Å². The first-order valence-electron chi connectivity index (χ1n) is 8.16. The van der Waals surface area contributed by atoms with Crippen molar-refractivity contribution in [3.05, 3.63) is 64.4 Å². The summed E-state index contributed by atoms with van der Waals surface area (Å²) >= 11 is 0. The van der Waals surface area contributed by atoms with E-state index in [9.17, 15) is 14.4 Å². The van der Waals surface area contributed by atoms with E-state index in [0.717, 1.165) is 0 Å². The highest BCUT2D eigenvalue weighted by molar-refractivity contribution is 5.96. The van der Waals surface area contributed by atoms with Gasteiger partial charge in [0.05, 0.1) is 12.8 Å². The molecule has 0 fully saturated rings. The normalized spacial score (nSPS) is 10.7. The predicted molar refractivity (Wildman–Crippen MR) is 92.9 cm³/mol. The van der Waals surface area contributed by atoms with Gasteiger partial charge < -0.3 is 18.9 Å². The number of hydrogen-bond donors (Lipinski definition) is 1. The molecule has 1 N–H and O–H groups in total. The van der Waals surface area contributed by atoms with E-state index >= 15 is 0 Å². The van der Waals surface area contributed by atoms with E-state index in [0.29, 0.717) is 24.0 Å². The van der Waals surface area contributed by atoms with Crippen molar-refractivity contribution >= 4 is 22.8 Å². The standard InChI is InChI=1S/C19H17NO6/c1-2-4-17(21)25-13-7-6-12-9-15(19(23)26-16(12)10-13)18(22)20-11-14-5-3-8-24-14/h3,5-10H,2,4,11H2,1H3,(H,20,22). The van der Waals surface area contributed by atoms with Gasteiger partial charge in [-0.2, -0.15) is 0 Å².